The lowest BCUT2D eigenvalue weighted by Crippen LogP contribution is -2.46. The van der Waals surface area contributed by atoms with Crippen molar-refractivity contribution in [3.63, 3.8) is 0 Å². The van der Waals surface area contributed by atoms with Crippen LogP contribution in [-0.4, -0.2) is 45.3 Å². The predicted molar refractivity (Wildman–Crippen MR) is 85.6 cm³/mol. The first kappa shape index (κ1) is 15.3. The van der Waals surface area contributed by atoms with Crippen LogP contribution in [0, 0.1) is 10.1 Å². The lowest BCUT2D eigenvalue weighted by Gasteiger charge is -2.31. The number of carbonyl (C=O) groups is 2. The van der Waals surface area contributed by atoms with Crippen molar-refractivity contribution < 1.29 is 14.5 Å². The first-order chi connectivity index (χ1) is 11.6. The zero-order valence-corrected chi connectivity index (χ0v) is 13.3. The van der Waals surface area contributed by atoms with Crippen molar-refractivity contribution >= 4 is 17.5 Å². The van der Waals surface area contributed by atoms with Gasteiger partial charge in [-0.2, -0.15) is 0 Å². The van der Waals surface area contributed by atoms with Crippen LogP contribution in [0.4, 0.5) is 5.69 Å². The van der Waals surface area contributed by atoms with Crippen LogP contribution in [0.2, 0.25) is 0 Å². The molecule has 2 saturated carbocycles. The molecule has 3 aliphatic rings. The third-order valence-corrected chi connectivity index (χ3v) is 5.28. The highest BCUT2D eigenvalue weighted by Crippen LogP contribution is 2.36. The number of rotatable bonds is 5. The Labute approximate surface area is 139 Å². The van der Waals surface area contributed by atoms with E-state index < -0.39 is 10.8 Å². The van der Waals surface area contributed by atoms with E-state index in [1.807, 2.05) is 0 Å². The number of imide groups is 1. The van der Waals surface area contributed by atoms with E-state index in [2.05, 4.69) is 4.90 Å². The summed E-state index contributed by atoms with van der Waals surface area (Å²) < 4.78 is 0. The van der Waals surface area contributed by atoms with Crippen LogP contribution >= 0.6 is 0 Å². The van der Waals surface area contributed by atoms with Crippen molar-refractivity contribution in [1.29, 1.82) is 0 Å². The number of benzene rings is 1. The van der Waals surface area contributed by atoms with Gasteiger partial charge < -0.3 is 0 Å². The van der Waals surface area contributed by atoms with Crippen LogP contribution in [0.5, 0.6) is 0 Å². The number of nitro benzene ring substituents is 1. The Bertz CT molecular complexity index is 723. The minimum atomic E-state index is -0.546. The van der Waals surface area contributed by atoms with Crippen LogP contribution in [0.15, 0.2) is 18.2 Å². The molecule has 7 heteroatoms. The molecule has 0 radical (unpaired) electrons. The van der Waals surface area contributed by atoms with Crippen molar-refractivity contribution in [3.8, 4) is 0 Å². The van der Waals surface area contributed by atoms with Gasteiger partial charge in [0.25, 0.3) is 17.5 Å². The lowest BCUT2D eigenvalue weighted by atomic mass is 10.1. The van der Waals surface area contributed by atoms with Gasteiger partial charge in [0.05, 0.1) is 22.7 Å². The van der Waals surface area contributed by atoms with Crippen LogP contribution in [-0.2, 0) is 0 Å². The number of fused-ring (bicyclic) bond motifs is 1. The van der Waals surface area contributed by atoms with E-state index in [0.717, 1.165) is 25.7 Å². The molecule has 0 bridgehead atoms. The van der Waals surface area contributed by atoms with Crippen molar-refractivity contribution in [2.75, 3.05) is 6.67 Å². The third kappa shape index (κ3) is 2.49. The number of nitrogens with zero attached hydrogens (tertiary/aromatic N) is 3. The van der Waals surface area contributed by atoms with Gasteiger partial charge in [0.15, 0.2) is 0 Å². The van der Waals surface area contributed by atoms with E-state index in [4.69, 9.17) is 0 Å². The van der Waals surface area contributed by atoms with Gasteiger partial charge in [0.2, 0.25) is 0 Å². The summed E-state index contributed by atoms with van der Waals surface area (Å²) in [5, 5.41) is 10.9. The Kier molecular flexibility index (Phi) is 3.60. The average molecular weight is 329 g/mol. The highest BCUT2D eigenvalue weighted by molar-refractivity contribution is 6.21. The van der Waals surface area contributed by atoms with E-state index >= 15 is 0 Å². The molecule has 0 unspecified atom stereocenters. The fraction of sp³-hybridized carbons (Fsp3) is 0.529. The van der Waals surface area contributed by atoms with Crippen LogP contribution in [0.25, 0.3) is 0 Å². The summed E-state index contributed by atoms with van der Waals surface area (Å²) in [6.07, 6.45) is 6.86. The Morgan fingerprint density at radius 1 is 1.04 bits per heavy atom. The Balaban J connectivity index is 1.58. The van der Waals surface area contributed by atoms with Crippen molar-refractivity contribution in [1.82, 2.24) is 9.80 Å². The molecule has 24 heavy (non-hydrogen) atoms. The van der Waals surface area contributed by atoms with Gasteiger partial charge in [0, 0.05) is 24.2 Å². The molecule has 2 aliphatic carbocycles. The molecule has 1 aromatic carbocycles. The average Bonchev–Trinajstić information content (AvgIpc) is 3.21. The van der Waals surface area contributed by atoms with Crippen molar-refractivity contribution in [2.45, 2.75) is 50.6 Å². The second kappa shape index (κ2) is 5.66. The number of carbonyl (C=O) groups excluding carboxylic acids is 2. The van der Waals surface area contributed by atoms with E-state index in [9.17, 15) is 19.7 Å². The molecule has 126 valence electrons. The standard InChI is InChI=1S/C17H19N3O4/c21-16-14-8-7-13(20(23)24)9-15(14)17(22)19(16)10-18(12-5-6-12)11-3-1-2-4-11/h7-9,11-12H,1-6,10H2. The maximum atomic E-state index is 12.6. The van der Waals surface area contributed by atoms with Gasteiger partial charge in [-0.15, -0.1) is 0 Å². The molecule has 4 rings (SSSR count). The minimum Gasteiger partial charge on any atom is -0.280 e. The van der Waals surface area contributed by atoms with Crippen molar-refractivity contribution in [3.05, 3.63) is 39.4 Å². The number of hydrogen-bond donors (Lipinski definition) is 0. The van der Waals surface area contributed by atoms with E-state index in [1.54, 1.807) is 0 Å². The molecular formula is C17H19N3O4. The molecule has 1 aliphatic heterocycles. The predicted octanol–water partition coefficient (Wildman–Crippen LogP) is 2.56. The summed E-state index contributed by atoms with van der Waals surface area (Å²) in [6, 6.07) is 4.79. The van der Waals surface area contributed by atoms with Crippen molar-refractivity contribution in [2.24, 2.45) is 0 Å². The van der Waals surface area contributed by atoms with Gasteiger partial charge in [-0.1, -0.05) is 12.8 Å². The Morgan fingerprint density at radius 3 is 2.29 bits per heavy atom. The van der Waals surface area contributed by atoms with E-state index in [-0.39, 0.29) is 22.7 Å². The second-order valence-corrected chi connectivity index (χ2v) is 6.85. The normalized spacial score (nSPS) is 21.0. The summed E-state index contributed by atoms with van der Waals surface area (Å²) in [5.74, 6) is -0.754. The smallest absolute Gasteiger partial charge is 0.270 e. The van der Waals surface area contributed by atoms with E-state index in [0.29, 0.717) is 18.8 Å². The molecule has 0 aromatic heterocycles. The van der Waals surface area contributed by atoms with Gasteiger partial charge in [-0.3, -0.25) is 29.5 Å². The van der Waals surface area contributed by atoms with Gasteiger partial charge in [-0.05, 0) is 31.7 Å². The molecule has 7 nitrogen and oxygen atoms in total. The summed E-state index contributed by atoms with van der Waals surface area (Å²) in [4.78, 5) is 39.1. The fourth-order valence-electron chi connectivity index (χ4n) is 3.86. The number of nitro groups is 1. The maximum Gasteiger partial charge on any atom is 0.270 e. The van der Waals surface area contributed by atoms with Crippen LogP contribution < -0.4 is 0 Å². The van der Waals surface area contributed by atoms with Gasteiger partial charge in [-0.25, -0.2) is 0 Å². The minimum absolute atomic E-state index is 0.149. The molecule has 2 fully saturated rings. The number of hydrogen-bond acceptors (Lipinski definition) is 5. The molecule has 0 saturated heterocycles. The van der Waals surface area contributed by atoms with E-state index in [1.165, 1.54) is 35.9 Å². The van der Waals surface area contributed by atoms with Gasteiger partial charge in [0.1, 0.15) is 0 Å². The molecule has 0 atom stereocenters. The molecule has 2 amide bonds. The first-order valence-electron chi connectivity index (χ1n) is 8.46. The van der Waals surface area contributed by atoms with Gasteiger partial charge >= 0.3 is 0 Å². The lowest BCUT2D eigenvalue weighted by molar-refractivity contribution is -0.384. The number of amides is 2. The Morgan fingerprint density at radius 2 is 1.67 bits per heavy atom. The third-order valence-electron chi connectivity index (χ3n) is 5.28. The fourth-order valence-corrected chi connectivity index (χ4v) is 3.86. The molecule has 1 heterocycles. The second-order valence-electron chi connectivity index (χ2n) is 6.85. The SMILES string of the molecule is O=C1c2ccc([N+](=O)[O-])cc2C(=O)N1CN(C1CCCC1)C1CC1. The summed E-state index contributed by atoms with van der Waals surface area (Å²) >= 11 is 0. The molecule has 1 aromatic rings. The summed E-state index contributed by atoms with van der Waals surface area (Å²) in [5.41, 5.74) is 0.260. The highest BCUT2D eigenvalue weighted by atomic mass is 16.6. The van der Waals surface area contributed by atoms with Crippen LogP contribution in [0.3, 0.4) is 0 Å². The first-order valence-corrected chi connectivity index (χ1v) is 8.46. The molecule has 0 spiro atoms. The summed E-state index contributed by atoms with van der Waals surface area (Å²) in [6.45, 7) is 0.301. The zero-order chi connectivity index (χ0) is 16.8. The largest absolute Gasteiger partial charge is 0.280 e. The molecular weight excluding hydrogens is 310 g/mol. The molecule has 0 N–H and O–H groups in total. The maximum absolute atomic E-state index is 12.6. The quantitative estimate of drug-likeness (QED) is 0.471. The highest BCUT2D eigenvalue weighted by Gasteiger charge is 2.42. The van der Waals surface area contributed by atoms with Crippen LogP contribution in [0.1, 0.15) is 59.2 Å². The summed E-state index contributed by atoms with van der Waals surface area (Å²) in [7, 11) is 0. The monoisotopic (exact) mass is 329 g/mol. The zero-order valence-electron chi connectivity index (χ0n) is 13.3. The Hall–Kier alpha value is -2.28. The number of non-ortho nitro benzene ring substituents is 1. The topological polar surface area (TPSA) is 83.8 Å².